The van der Waals surface area contributed by atoms with Crippen LogP contribution < -0.4 is 0 Å². The highest BCUT2D eigenvalue weighted by Crippen LogP contribution is 2.34. The van der Waals surface area contributed by atoms with Crippen molar-refractivity contribution in [1.29, 1.82) is 0 Å². The van der Waals surface area contributed by atoms with E-state index in [-0.39, 0.29) is 11.4 Å². The number of imidazole rings is 1. The van der Waals surface area contributed by atoms with Crippen molar-refractivity contribution >= 4 is 17.2 Å². The van der Waals surface area contributed by atoms with Gasteiger partial charge in [-0.1, -0.05) is 0 Å². The number of nitrogens with zero attached hydrogens (tertiary/aromatic N) is 3. The van der Waals surface area contributed by atoms with E-state index in [1.807, 2.05) is 11.1 Å². The van der Waals surface area contributed by atoms with Crippen LogP contribution in [0.25, 0.3) is 0 Å². The summed E-state index contributed by atoms with van der Waals surface area (Å²) in [7, 11) is 0. The maximum atomic E-state index is 12.9. The van der Waals surface area contributed by atoms with Crippen LogP contribution in [0.15, 0.2) is 17.6 Å². The Bertz CT molecular complexity index is 691. The van der Waals surface area contributed by atoms with Gasteiger partial charge in [-0.3, -0.25) is 4.79 Å². The molecule has 21 heavy (non-hydrogen) atoms. The summed E-state index contributed by atoms with van der Waals surface area (Å²) in [5, 5.41) is 2.12. The van der Waals surface area contributed by atoms with Crippen LogP contribution in [0.2, 0.25) is 0 Å². The molecule has 0 bridgehead atoms. The largest absolute Gasteiger partial charge is 0.334 e. The highest BCUT2D eigenvalue weighted by molar-refractivity contribution is 7.10. The summed E-state index contributed by atoms with van der Waals surface area (Å²) in [6.07, 6.45) is 4.99. The Balaban J connectivity index is 1.67. The molecule has 5 heteroatoms. The average molecular weight is 301 g/mol. The van der Waals surface area contributed by atoms with Crippen molar-refractivity contribution in [1.82, 2.24) is 14.5 Å². The van der Waals surface area contributed by atoms with Gasteiger partial charge >= 0.3 is 0 Å². The number of hydrogen-bond donors (Lipinski definition) is 0. The van der Waals surface area contributed by atoms with Gasteiger partial charge in [0.2, 0.25) is 0 Å². The van der Waals surface area contributed by atoms with Gasteiger partial charge < -0.3 is 9.47 Å². The Kier molecular flexibility index (Phi) is 2.76. The van der Waals surface area contributed by atoms with E-state index in [0.29, 0.717) is 12.2 Å². The van der Waals surface area contributed by atoms with Crippen LogP contribution in [0.4, 0.5) is 0 Å². The van der Waals surface area contributed by atoms with E-state index in [1.54, 1.807) is 11.3 Å². The van der Waals surface area contributed by atoms with E-state index < -0.39 is 0 Å². The Morgan fingerprint density at radius 2 is 2.29 bits per heavy atom. The van der Waals surface area contributed by atoms with Crippen molar-refractivity contribution in [2.75, 3.05) is 0 Å². The lowest BCUT2D eigenvalue weighted by atomic mass is 9.89. The maximum Gasteiger partial charge on any atom is 0.274 e. The van der Waals surface area contributed by atoms with E-state index >= 15 is 0 Å². The third kappa shape index (κ3) is 2.02. The van der Waals surface area contributed by atoms with Gasteiger partial charge in [0.15, 0.2) is 0 Å². The van der Waals surface area contributed by atoms with Gasteiger partial charge in [-0.2, -0.15) is 0 Å². The summed E-state index contributed by atoms with van der Waals surface area (Å²) in [5.74, 6) is 1.13. The molecule has 110 valence electrons. The van der Waals surface area contributed by atoms with E-state index in [2.05, 4.69) is 34.8 Å². The lowest BCUT2D eigenvalue weighted by molar-refractivity contribution is 0.0488. The molecule has 0 saturated heterocycles. The first kappa shape index (κ1) is 13.1. The fourth-order valence-electron chi connectivity index (χ4n) is 3.43. The number of carbonyl (C=O) groups is 1. The Hall–Kier alpha value is -1.62. The number of hydrogen-bond acceptors (Lipinski definition) is 3. The first-order valence-corrected chi connectivity index (χ1v) is 8.36. The minimum absolute atomic E-state index is 0.0703. The fourth-order valence-corrected chi connectivity index (χ4v) is 4.32. The van der Waals surface area contributed by atoms with Gasteiger partial charge in [-0.25, -0.2) is 4.98 Å². The quantitative estimate of drug-likeness (QED) is 0.812. The molecule has 0 aromatic carbocycles. The molecule has 4 rings (SSSR count). The van der Waals surface area contributed by atoms with Crippen molar-refractivity contribution in [3.05, 3.63) is 39.6 Å². The number of amides is 1. The predicted molar refractivity (Wildman–Crippen MR) is 82.5 cm³/mol. The van der Waals surface area contributed by atoms with Crippen LogP contribution in [0.1, 0.15) is 47.0 Å². The Morgan fingerprint density at radius 3 is 3.10 bits per heavy atom. The average Bonchev–Trinajstić information content (AvgIpc) is 3.09. The second-order valence-electron chi connectivity index (χ2n) is 6.59. The summed E-state index contributed by atoms with van der Waals surface area (Å²) in [6.45, 7) is 6.00. The van der Waals surface area contributed by atoms with Gasteiger partial charge in [0.25, 0.3) is 5.91 Å². The van der Waals surface area contributed by atoms with Crippen LogP contribution in [0.3, 0.4) is 0 Å². The van der Waals surface area contributed by atoms with E-state index in [4.69, 9.17) is 0 Å². The number of aromatic nitrogens is 2. The highest BCUT2D eigenvalue weighted by atomic mass is 32.1. The van der Waals surface area contributed by atoms with E-state index in [0.717, 1.165) is 31.6 Å². The lowest BCUT2D eigenvalue weighted by Gasteiger charge is -2.42. The van der Waals surface area contributed by atoms with Crippen LogP contribution in [-0.2, 0) is 25.9 Å². The smallest absolute Gasteiger partial charge is 0.274 e. The molecule has 0 fully saturated rings. The van der Waals surface area contributed by atoms with Crippen molar-refractivity contribution in [3.63, 3.8) is 0 Å². The molecule has 0 saturated carbocycles. The number of rotatable bonds is 1. The number of carbonyl (C=O) groups excluding carboxylic acids is 1. The topological polar surface area (TPSA) is 38.1 Å². The van der Waals surface area contributed by atoms with Crippen LogP contribution >= 0.6 is 11.3 Å². The van der Waals surface area contributed by atoms with Gasteiger partial charge in [-0.15, -0.1) is 11.3 Å². The zero-order valence-corrected chi connectivity index (χ0v) is 13.2. The molecular weight excluding hydrogens is 282 g/mol. The molecular formula is C16H19N3OS. The summed E-state index contributed by atoms with van der Waals surface area (Å²) < 4.78 is 2.13. The molecule has 0 atom stereocenters. The zero-order valence-electron chi connectivity index (χ0n) is 12.4. The fraction of sp³-hybridized carbons (Fsp3) is 0.500. The first-order valence-electron chi connectivity index (χ1n) is 7.48. The highest BCUT2D eigenvalue weighted by Gasteiger charge is 2.38. The molecule has 1 amide bonds. The van der Waals surface area contributed by atoms with Crippen molar-refractivity contribution in [2.24, 2.45) is 0 Å². The molecule has 4 nitrogen and oxygen atoms in total. The van der Waals surface area contributed by atoms with E-state index in [9.17, 15) is 4.79 Å². The number of thiophene rings is 1. The Labute approximate surface area is 128 Å². The summed E-state index contributed by atoms with van der Waals surface area (Å²) in [6, 6.07) is 2.19. The lowest BCUT2D eigenvalue weighted by Crippen LogP contribution is -2.51. The number of fused-ring (bicyclic) bond motifs is 2. The molecule has 2 aliphatic rings. The summed E-state index contributed by atoms with van der Waals surface area (Å²) in [5.41, 5.74) is 1.85. The predicted octanol–water partition coefficient (Wildman–Crippen LogP) is 2.87. The molecule has 0 N–H and O–H groups in total. The monoisotopic (exact) mass is 301 g/mol. The van der Waals surface area contributed by atoms with Crippen LogP contribution in [0, 0.1) is 0 Å². The standard InChI is InChI=1S/C16H19N3OS/c1-16(2)8-11-5-7-21-13(11)10-19(16)15(20)12-9-18-6-3-4-14(18)17-12/h5,7,9H,3-4,6,8,10H2,1-2H3. The van der Waals surface area contributed by atoms with Crippen molar-refractivity contribution < 1.29 is 4.79 Å². The summed E-state index contributed by atoms with van der Waals surface area (Å²) >= 11 is 1.75. The molecule has 0 radical (unpaired) electrons. The molecule has 0 spiro atoms. The number of aryl methyl sites for hydroxylation is 2. The molecule has 2 aromatic heterocycles. The minimum atomic E-state index is -0.154. The van der Waals surface area contributed by atoms with Crippen LogP contribution in [0.5, 0.6) is 0 Å². The van der Waals surface area contributed by atoms with Gasteiger partial charge in [0.05, 0.1) is 6.54 Å². The summed E-state index contributed by atoms with van der Waals surface area (Å²) in [4.78, 5) is 20.8. The molecule has 2 aromatic rings. The normalized spacial score (nSPS) is 19.4. The van der Waals surface area contributed by atoms with Crippen LogP contribution in [-0.4, -0.2) is 25.9 Å². The third-order valence-corrected chi connectivity index (χ3v) is 5.56. The second kappa shape index (κ2) is 4.44. The van der Waals surface area contributed by atoms with Gasteiger partial charge in [-0.05, 0) is 43.7 Å². The first-order chi connectivity index (χ1) is 10.0. The second-order valence-corrected chi connectivity index (χ2v) is 7.59. The van der Waals surface area contributed by atoms with E-state index in [1.165, 1.54) is 10.4 Å². The van der Waals surface area contributed by atoms with Crippen molar-refractivity contribution in [2.45, 2.75) is 51.7 Å². The SMILES string of the molecule is CC1(C)Cc2ccsc2CN1C(=O)c1cn2c(n1)CCC2. The maximum absolute atomic E-state index is 12.9. The van der Waals surface area contributed by atoms with Crippen molar-refractivity contribution in [3.8, 4) is 0 Å². The minimum Gasteiger partial charge on any atom is -0.334 e. The molecule has 4 heterocycles. The molecule has 0 aliphatic carbocycles. The Morgan fingerprint density at radius 1 is 1.43 bits per heavy atom. The molecule has 2 aliphatic heterocycles. The van der Waals surface area contributed by atoms with Gasteiger partial charge in [0.1, 0.15) is 11.5 Å². The van der Waals surface area contributed by atoms with Gasteiger partial charge in [0, 0.05) is 29.6 Å². The zero-order chi connectivity index (χ0) is 14.6. The molecule has 0 unspecified atom stereocenters. The third-order valence-electron chi connectivity index (χ3n) is 4.62.